The van der Waals surface area contributed by atoms with Gasteiger partial charge in [0, 0.05) is 23.5 Å². The smallest absolute Gasteiger partial charge is 0.355 e. The molecule has 0 bridgehead atoms. The Morgan fingerprint density at radius 2 is 2.00 bits per heavy atom. The maximum absolute atomic E-state index is 12.6. The third-order valence-corrected chi connectivity index (χ3v) is 3.94. The number of nitrogens with zero attached hydrogens (tertiary/aromatic N) is 1. The Balaban J connectivity index is 2.38. The molecule has 0 saturated heterocycles. The second-order valence-corrected chi connectivity index (χ2v) is 5.61. The van der Waals surface area contributed by atoms with Crippen molar-refractivity contribution in [2.45, 2.75) is 20.8 Å². The number of carbonyl (C=O) groups is 2. The van der Waals surface area contributed by atoms with Gasteiger partial charge >= 0.3 is 5.97 Å². The van der Waals surface area contributed by atoms with E-state index in [0.717, 1.165) is 0 Å². The van der Waals surface area contributed by atoms with Crippen LogP contribution in [0.1, 0.15) is 39.0 Å². The van der Waals surface area contributed by atoms with E-state index in [1.54, 1.807) is 56.7 Å². The summed E-state index contributed by atoms with van der Waals surface area (Å²) in [6.07, 6.45) is 0. The van der Waals surface area contributed by atoms with E-state index >= 15 is 0 Å². The molecule has 0 aliphatic heterocycles. The van der Waals surface area contributed by atoms with Gasteiger partial charge in [-0.15, -0.1) is 0 Å². The SMILES string of the molecule is CCOC(=O)c1c(C)c(C(=O)Nc2cccc(Cl)c2)c(C)n1C. The zero-order chi connectivity index (χ0) is 17.1. The molecule has 0 fully saturated rings. The van der Waals surface area contributed by atoms with E-state index in [2.05, 4.69) is 5.32 Å². The van der Waals surface area contributed by atoms with Crippen molar-refractivity contribution in [1.82, 2.24) is 4.57 Å². The minimum atomic E-state index is -0.433. The predicted molar refractivity (Wildman–Crippen MR) is 90.2 cm³/mol. The number of aromatic nitrogens is 1. The Labute approximate surface area is 140 Å². The maximum Gasteiger partial charge on any atom is 0.355 e. The lowest BCUT2D eigenvalue weighted by atomic mass is 10.1. The standard InChI is InChI=1S/C17H19ClN2O3/c1-5-23-17(22)15-10(2)14(11(3)20(15)4)16(21)19-13-8-6-7-12(18)9-13/h6-9H,5H2,1-4H3,(H,19,21). The molecular weight excluding hydrogens is 316 g/mol. The third kappa shape index (κ3) is 3.40. The number of halogens is 1. The quantitative estimate of drug-likeness (QED) is 0.867. The lowest BCUT2D eigenvalue weighted by molar-refractivity contribution is 0.0514. The highest BCUT2D eigenvalue weighted by Gasteiger charge is 2.25. The van der Waals surface area contributed by atoms with Crippen LogP contribution in [0.5, 0.6) is 0 Å². The summed E-state index contributed by atoms with van der Waals surface area (Å²) in [5.41, 5.74) is 2.76. The molecule has 0 atom stereocenters. The highest BCUT2D eigenvalue weighted by Crippen LogP contribution is 2.24. The fourth-order valence-corrected chi connectivity index (χ4v) is 2.75. The van der Waals surface area contributed by atoms with E-state index in [1.165, 1.54) is 0 Å². The number of hydrogen-bond acceptors (Lipinski definition) is 3. The largest absolute Gasteiger partial charge is 0.461 e. The highest BCUT2D eigenvalue weighted by atomic mass is 35.5. The van der Waals surface area contributed by atoms with Gasteiger partial charge < -0.3 is 14.6 Å². The number of carbonyl (C=O) groups excluding carboxylic acids is 2. The maximum atomic E-state index is 12.6. The van der Waals surface area contributed by atoms with Crippen molar-refractivity contribution in [1.29, 1.82) is 0 Å². The van der Waals surface area contributed by atoms with Gasteiger partial charge in [-0.2, -0.15) is 0 Å². The van der Waals surface area contributed by atoms with Crippen LogP contribution in [0.4, 0.5) is 5.69 Å². The minimum absolute atomic E-state index is 0.284. The van der Waals surface area contributed by atoms with Crippen molar-refractivity contribution < 1.29 is 14.3 Å². The van der Waals surface area contributed by atoms with Gasteiger partial charge in [-0.25, -0.2) is 4.79 Å². The highest BCUT2D eigenvalue weighted by molar-refractivity contribution is 6.31. The summed E-state index contributed by atoms with van der Waals surface area (Å²) in [4.78, 5) is 24.7. The van der Waals surface area contributed by atoms with Gasteiger partial charge in [0.15, 0.2) is 0 Å². The number of hydrogen-bond donors (Lipinski definition) is 1. The molecule has 0 aliphatic carbocycles. The van der Waals surface area contributed by atoms with E-state index in [4.69, 9.17) is 16.3 Å². The molecule has 0 aliphatic rings. The van der Waals surface area contributed by atoms with Crippen LogP contribution < -0.4 is 5.32 Å². The van der Waals surface area contributed by atoms with Crippen molar-refractivity contribution in [3.05, 3.63) is 51.8 Å². The lowest BCUT2D eigenvalue weighted by Gasteiger charge is -2.06. The van der Waals surface area contributed by atoms with Gasteiger partial charge in [0.2, 0.25) is 0 Å². The van der Waals surface area contributed by atoms with Crippen molar-refractivity contribution >= 4 is 29.2 Å². The molecule has 0 saturated carbocycles. The van der Waals surface area contributed by atoms with Gasteiger partial charge in [-0.1, -0.05) is 17.7 Å². The number of anilines is 1. The molecule has 122 valence electrons. The zero-order valence-corrected chi connectivity index (χ0v) is 14.3. The molecule has 1 aromatic heterocycles. The summed E-state index contributed by atoms with van der Waals surface area (Å²) in [6.45, 7) is 5.57. The summed E-state index contributed by atoms with van der Waals surface area (Å²) >= 11 is 5.93. The first-order valence-corrected chi connectivity index (χ1v) is 7.64. The summed E-state index contributed by atoms with van der Waals surface area (Å²) in [6, 6.07) is 6.91. The summed E-state index contributed by atoms with van der Waals surface area (Å²) in [5, 5.41) is 3.34. The molecule has 1 amide bonds. The molecule has 1 N–H and O–H groups in total. The van der Waals surface area contributed by atoms with Crippen LogP contribution in [0.15, 0.2) is 24.3 Å². The van der Waals surface area contributed by atoms with Crippen molar-refractivity contribution in [3.8, 4) is 0 Å². The number of benzene rings is 1. The fraction of sp³-hybridized carbons (Fsp3) is 0.294. The van der Waals surface area contributed by atoms with Crippen LogP contribution in [0.25, 0.3) is 0 Å². The van der Waals surface area contributed by atoms with E-state index in [0.29, 0.717) is 33.2 Å². The third-order valence-electron chi connectivity index (χ3n) is 3.71. The van der Waals surface area contributed by atoms with Crippen LogP contribution in [0, 0.1) is 13.8 Å². The molecule has 2 rings (SSSR count). The molecule has 0 radical (unpaired) electrons. The number of amides is 1. The van der Waals surface area contributed by atoms with Crippen LogP contribution >= 0.6 is 11.6 Å². The van der Waals surface area contributed by atoms with Gasteiger partial charge in [0.25, 0.3) is 5.91 Å². The van der Waals surface area contributed by atoms with E-state index < -0.39 is 5.97 Å². The predicted octanol–water partition coefficient (Wildman–Crippen LogP) is 3.72. The van der Waals surface area contributed by atoms with Crippen LogP contribution in [-0.2, 0) is 11.8 Å². The van der Waals surface area contributed by atoms with E-state index in [1.807, 2.05) is 0 Å². The van der Waals surface area contributed by atoms with Gasteiger partial charge in [-0.05, 0) is 44.5 Å². The van der Waals surface area contributed by atoms with Crippen LogP contribution in [0.3, 0.4) is 0 Å². The van der Waals surface area contributed by atoms with Gasteiger partial charge in [0.1, 0.15) is 5.69 Å². The first-order valence-electron chi connectivity index (χ1n) is 7.26. The Bertz CT molecular complexity index is 765. The number of rotatable bonds is 4. The number of ether oxygens (including phenoxy) is 1. The molecule has 23 heavy (non-hydrogen) atoms. The topological polar surface area (TPSA) is 60.3 Å². The monoisotopic (exact) mass is 334 g/mol. The molecule has 0 unspecified atom stereocenters. The summed E-state index contributed by atoms with van der Waals surface area (Å²) < 4.78 is 6.74. The second-order valence-electron chi connectivity index (χ2n) is 5.18. The van der Waals surface area contributed by atoms with Crippen molar-refractivity contribution in [2.24, 2.45) is 7.05 Å². The number of esters is 1. The first kappa shape index (κ1) is 17.1. The number of nitrogens with one attached hydrogen (secondary N) is 1. The van der Waals surface area contributed by atoms with Crippen LogP contribution in [-0.4, -0.2) is 23.1 Å². The Kier molecular flexibility index (Phi) is 5.11. The molecule has 6 heteroatoms. The van der Waals surface area contributed by atoms with Gasteiger partial charge in [-0.3, -0.25) is 4.79 Å². The normalized spacial score (nSPS) is 10.5. The minimum Gasteiger partial charge on any atom is -0.461 e. The molecule has 0 spiro atoms. The van der Waals surface area contributed by atoms with Gasteiger partial charge in [0.05, 0.1) is 12.2 Å². The molecular formula is C17H19ClN2O3. The Hall–Kier alpha value is -2.27. The fourth-order valence-electron chi connectivity index (χ4n) is 2.56. The average Bonchev–Trinajstić information content (AvgIpc) is 2.69. The van der Waals surface area contributed by atoms with Crippen molar-refractivity contribution in [3.63, 3.8) is 0 Å². The second kappa shape index (κ2) is 6.87. The molecule has 1 aromatic carbocycles. The van der Waals surface area contributed by atoms with E-state index in [9.17, 15) is 9.59 Å². The first-order chi connectivity index (χ1) is 10.9. The molecule has 2 aromatic rings. The average molecular weight is 335 g/mol. The molecule has 5 nitrogen and oxygen atoms in total. The zero-order valence-electron chi connectivity index (χ0n) is 13.6. The lowest BCUT2D eigenvalue weighted by Crippen LogP contribution is -2.14. The summed E-state index contributed by atoms with van der Waals surface area (Å²) in [7, 11) is 1.74. The Morgan fingerprint density at radius 3 is 2.61 bits per heavy atom. The summed E-state index contributed by atoms with van der Waals surface area (Å²) in [5.74, 6) is -0.717. The molecule has 1 heterocycles. The van der Waals surface area contributed by atoms with Crippen molar-refractivity contribution in [2.75, 3.05) is 11.9 Å². The van der Waals surface area contributed by atoms with E-state index in [-0.39, 0.29) is 12.5 Å². The van der Waals surface area contributed by atoms with Crippen LogP contribution in [0.2, 0.25) is 5.02 Å². The Morgan fingerprint density at radius 1 is 1.30 bits per heavy atom.